The third kappa shape index (κ3) is 3.64. The van der Waals surface area contributed by atoms with Crippen molar-refractivity contribution in [3.8, 4) is 5.75 Å². The highest BCUT2D eigenvalue weighted by atomic mass is 16.5. The van der Waals surface area contributed by atoms with E-state index in [1.54, 1.807) is 62.4 Å². The Labute approximate surface area is 178 Å². The van der Waals surface area contributed by atoms with Crippen LogP contribution < -0.4 is 15.0 Å². The number of urea groups is 1. The molecule has 5 amide bonds. The maximum Gasteiger partial charge on any atom is 0.325 e. The highest BCUT2D eigenvalue weighted by Crippen LogP contribution is 2.29. The molecule has 160 valence electrons. The van der Waals surface area contributed by atoms with Gasteiger partial charge in [0.2, 0.25) is 0 Å². The van der Waals surface area contributed by atoms with E-state index in [1.807, 2.05) is 0 Å². The van der Waals surface area contributed by atoms with Crippen LogP contribution in [0.15, 0.2) is 48.5 Å². The predicted octanol–water partition coefficient (Wildman–Crippen LogP) is 1.56. The number of β-amino-alcohol motifs (C(OH)–C–C–N with tert-alkyl or cyclic N) is 1. The number of hydrogen-bond acceptors (Lipinski definition) is 6. The van der Waals surface area contributed by atoms with Crippen LogP contribution in [-0.4, -0.2) is 58.6 Å². The van der Waals surface area contributed by atoms with Gasteiger partial charge in [-0.1, -0.05) is 12.1 Å². The molecule has 0 saturated carbocycles. The number of aliphatic hydroxyl groups is 1. The van der Waals surface area contributed by atoms with E-state index in [1.165, 1.54) is 0 Å². The van der Waals surface area contributed by atoms with Crippen LogP contribution in [0.25, 0.3) is 0 Å². The largest absolute Gasteiger partial charge is 0.491 e. The normalized spacial score (nSPS) is 18.3. The van der Waals surface area contributed by atoms with Gasteiger partial charge in [-0.15, -0.1) is 0 Å². The maximum absolute atomic E-state index is 12.5. The summed E-state index contributed by atoms with van der Waals surface area (Å²) < 4.78 is 5.53. The first-order chi connectivity index (χ1) is 14.7. The molecule has 0 unspecified atom stereocenters. The van der Waals surface area contributed by atoms with Gasteiger partial charge in [-0.2, -0.15) is 0 Å². The number of amides is 5. The molecule has 0 bridgehead atoms. The van der Waals surface area contributed by atoms with Crippen LogP contribution in [-0.2, 0) is 4.79 Å². The minimum Gasteiger partial charge on any atom is -0.491 e. The Kier molecular flexibility index (Phi) is 4.98. The molecule has 2 N–H and O–H groups in total. The monoisotopic (exact) mass is 423 g/mol. The minimum absolute atomic E-state index is 0.149. The van der Waals surface area contributed by atoms with Crippen molar-refractivity contribution >= 4 is 29.4 Å². The van der Waals surface area contributed by atoms with Gasteiger partial charge < -0.3 is 15.2 Å². The Morgan fingerprint density at radius 2 is 1.55 bits per heavy atom. The van der Waals surface area contributed by atoms with Gasteiger partial charge in [0.15, 0.2) is 0 Å². The first-order valence-electron chi connectivity index (χ1n) is 9.72. The highest BCUT2D eigenvalue weighted by molar-refractivity contribution is 6.34. The van der Waals surface area contributed by atoms with Crippen LogP contribution in [0.4, 0.5) is 10.5 Å². The number of benzene rings is 2. The van der Waals surface area contributed by atoms with Crippen LogP contribution in [0.2, 0.25) is 0 Å². The van der Waals surface area contributed by atoms with Crippen molar-refractivity contribution in [2.24, 2.45) is 0 Å². The van der Waals surface area contributed by atoms with Gasteiger partial charge in [-0.25, -0.2) is 9.69 Å². The molecule has 1 saturated heterocycles. The van der Waals surface area contributed by atoms with Crippen LogP contribution in [0, 0.1) is 0 Å². The highest BCUT2D eigenvalue weighted by Gasteiger charge is 2.44. The average molecular weight is 423 g/mol. The predicted molar refractivity (Wildman–Crippen MR) is 110 cm³/mol. The van der Waals surface area contributed by atoms with E-state index in [0.29, 0.717) is 22.6 Å². The number of carbonyl (C=O) groups excluding carboxylic acids is 4. The fourth-order valence-corrected chi connectivity index (χ4v) is 3.55. The van der Waals surface area contributed by atoms with E-state index in [0.717, 1.165) is 9.80 Å². The molecule has 0 spiro atoms. The zero-order valence-corrected chi connectivity index (χ0v) is 17.0. The third-order valence-corrected chi connectivity index (χ3v) is 5.17. The summed E-state index contributed by atoms with van der Waals surface area (Å²) in [5, 5.41) is 12.7. The van der Waals surface area contributed by atoms with E-state index < -0.39 is 23.6 Å². The molecule has 1 atom stereocenters. The van der Waals surface area contributed by atoms with Crippen molar-refractivity contribution in [3.63, 3.8) is 0 Å². The summed E-state index contributed by atoms with van der Waals surface area (Å²) in [7, 11) is 0. The molecule has 0 aromatic heterocycles. The topological polar surface area (TPSA) is 116 Å². The van der Waals surface area contributed by atoms with Crippen molar-refractivity contribution in [2.75, 3.05) is 18.1 Å². The molecule has 2 aliphatic rings. The second-order valence-corrected chi connectivity index (χ2v) is 7.92. The Hall–Kier alpha value is -3.72. The molecule has 2 heterocycles. The van der Waals surface area contributed by atoms with Crippen LogP contribution >= 0.6 is 0 Å². The lowest BCUT2D eigenvalue weighted by atomic mass is 10.1. The van der Waals surface area contributed by atoms with E-state index >= 15 is 0 Å². The molecule has 31 heavy (non-hydrogen) atoms. The lowest BCUT2D eigenvalue weighted by Crippen LogP contribution is -2.42. The molecule has 0 aliphatic carbocycles. The minimum atomic E-state index is -1.08. The third-order valence-electron chi connectivity index (χ3n) is 5.17. The molecule has 4 rings (SSSR count). The summed E-state index contributed by atoms with van der Waals surface area (Å²) in [6.07, 6.45) is -1.08. The average Bonchev–Trinajstić information content (AvgIpc) is 3.11. The summed E-state index contributed by atoms with van der Waals surface area (Å²) in [6, 6.07) is 12.4. The number of aliphatic hydroxyl groups excluding tert-OH is 1. The summed E-state index contributed by atoms with van der Waals surface area (Å²) in [5.74, 6) is -0.791. The number of imide groups is 2. The number of carbonyl (C=O) groups is 4. The summed E-state index contributed by atoms with van der Waals surface area (Å²) >= 11 is 0. The molecule has 2 aromatic rings. The molecule has 9 heteroatoms. The second-order valence-electron chi connectivity index (χ2n) is 7.92. The lowest BCUT2D eigenvalue weighted by Gasteiger charge is -2.19. The van der Waals surface area contributed by atoms with Crippen molar-refractivity contribution in [1.29, 1.82) is 0 Å². The van der Waals surface area contributed by atoms with Crippen LogP contribution in [0.1, 0.15) is 34.6 Å². The molecule has 0 radical (unpaired) electrons. The number of ether oxygens (including phenoxy) is 1. The van der Waals surface area contributed by atoms with Crippen LogP contribution in [0.5, 0.6) is 5.75 Å². The molecular formula is C22H21N3O6. The second kappa shape index (κ2) is 7.51. The van der Waals surface area contributed by atoms with E-state index in [-0.39, 0.29) is 25.0 Å². The zero-order chi connectivity index (χ0) is 22.3. The molecule has 2 aliphatic heterocycles. The van der Waals surface area contributed by atoms with Crippen molar-refractivity contribution < 1.29 is 29.0 Å². The Morgan fingerprint density at radius 3 is 2.06 bits per heavy atom. The first-order valence-corrected chi connectivity index (χ1v) is 9.72. The van der Waals surface area contributed by atoms with Gasteiger partial charge in [0.05, 0.1) is 23.4 Å². The first kappa shape index (κ1) is 20.5. The summed E-state index contributed by atoms with van der Waals surface area (Å²) in [6.45, 7) is 2.84. The number of rotatable bonds is 6. The van der Waals surface area contributed by atoms with E-state index in [2.05, 4.69) is 5.32 Å². The van der Waals surface area contributed by atoms with Gasteiger partial charge in [-0.3, -0.25) is 19.3 Å². The maximum atomic E-state index is 12.5. The van der Waals surface area contributed by atoms with Crippen molar-refractivity contribution in [1.82, 2.24) is 10.2 Å². The van der Waals surface area contributed by atoms with Crippen molar-refractivity contribution in [3.05, 3.63) is 59.7 Å². The summed E-state index contributed by atoms with van der Waals surface area (Å²) in [5.41, 5.74) is 0.123. The van der Waals surface area contributed by atoms with Gasteiger partial charge in [0, 0.05) is 0 Å². The molecule has 9 nitrogen and oxygen atoms in total. The number of nitrogens with zero attached hydrogens (tertiary/aromatic N) is 2. The quantitative estimate of drug-likeness (QED) is 0.538. The molecule has 1 fully saturated rings. The van der Waals surface area contributed by atoms with Crippen molar-refractivity contribution in [2.45, 2.75) is 25.5 Å². The van der Waals surface area contributed by atoms with Gasteiger partial charge in [0.1, 0.15) is 24.0 Å². The number of fused-ring (bicyclic) bond motifs is 1. The van der Waals surface area contributed by atoms with Gasteiger partial charge in [-0.05, 0) is 50.2 Å². The summed E-state index contributed by atoms with van der Waals surface area (Å²) in [4.78, 5) is 51.2. The van der Waals surface area contributed by atoms with Gasteiger partial charge >= 0.3 is 6.03 Å². The Balaban J connectivity index is 1.37. The SMILES string of the molecule is CC1(C)NC(=O)N(C[C@H](O)COc2ccc(N3C(=O)c4ccccc4C3=O)cc2)C1=O. The number of anilines is 1. The fraction of sp³-hybridized carbons (Fsp3) is 0.273. The zero-order valence-electron chi connectivity index (χ0n) is 17.0. The molecular weight excluding hydrogens is 402 g/mol. The van der Waals surface area contributed by atoms with E-state index in [4.69, 9.17) is 4.74 Å². The van der Waals surface area contributed by atoms with Gasteiger partial charge in [0.25, 0.3) is 17.7 Å². The Bertz CT molecular complexity index is 1040. The molecule has 2 aromatic carbocycles. The standard InChI is InChI=1S/C22H21N3O6/c1-22(2)20(29)24(21(30)23-22)11-14(26)12-31-15-9-7-13(8-10-15)25-18(27)16-5-3-4-6-17(16)19(25)28/h3-10,14,26H,11-12H2,1-2H3,(H,23,30)/t14-/m0/s1. The number of nitrogens with one attached hydrogen (secondary N) is 1. The lowest BCUT2D eigenvalue weighted by molar-refractivity contribution is -0.131. The Morgan fingerprint density at radius 1 is 0.968 bits per heavy atom. The smallest absolute Gasteiger partial charge is 0.325 e. The number of hydrogen-bond donors (Lipinski definition) is 2. The van der Waals surface area contributed by atoms with Crippen LogP contribution in [0.3, 0.4) is 0 Å². The van der Waals surface area contributed by atoms with E-state index in [9.17, 15) is 24.3 Å². The fourth-order valence-electron chi connectivity index (χ4n) is 3.55.